The van der Waals surface area contributed by atoms with Gasteiger partial charge in [-0.3, -0.25) is 10.5 Å². The third-order valence-electron chi connectivity index (χ3n) is 9.99. The first kappa shape index (κ1) is 29.4. The lowest BCUT2D eigenvalue weighted by Gasteiger charge is -2.53. The zero-order chi connectivity index (χ0) is 27.9. The van der Waals surface area contributed by atoms with Crippen LogP contribution in [-0.2, 0) is 28.5 Å². The first-order valence-electron chi connectivity index (χ1n) is 15.2. The van der Waals surface area contributed by atoms with Crippen LogP contribution in [0.2, 0.25) is 0 Å². The number of carbonyl (C=O) groups excluding carboxylic acids is 2. The number of hydrogen-bond acceptors (Lipinski definition) is 9. The average Bonchev–Trinajstić information content (AvgIpc) is 3.57. The molecule has 11 atom stereocenters. The maximum Gasteiger partial charge on any atom is 0.341 e. The van der Waals surface area contributed by atoms with Crippen molar-refractivity contribution < 1.29 is 44.1 Å². The molecule has 1 aliphatic carbocycles. The number of nitrogens with two attached hydrogens (primary N) is 2. The second kappa shape index (κ2) is 11.6. The van der Waals surface area contributed by atoms with Crippen molar-refractivity contribution in [1.82, 2.24) is 0 Å². The number of carbonyl (C=O) groups is 2. The molecule has 0 bridgehead atoms. The number of hydrogen-bond donors (Lipinski definition) is 4. The van der Waals surface area contributed by atoms with Crippen molar-refractivity contribution >= 4 is 11.8 Å². The molecular formula is C29H49N2O8+. The fraction of sp³-hybridized carbons (Fsp3) is 0.931. The number of aliphatic hydroxyl groups excluding tert-OH is 2. The van der Waals surface area contributed by atoms with Gasteiger partial charge in [0.25, 0.3) is 0 Å². The zero-order valence-corrected chi connectivity index (χ0v) is 23.8. The molecule has 0 spiro atoms. The van der Waals surface area contributed by atoms with Crippen LogP contribution in [0.15, 0.2) is 0 Å². The Hall–Kier alpha value is -1.14. The van der Waals surface area contributed by atoms with Gasteiger partial charge in [-0.25, -0.2) is 4.79 Å². The molecule has 4 saturated heterocycles. The van der Waals surface area contributed by atoms with Crippen molar-refractivity contribution in [3.05, 3.63) is 0 Å². The predicted octanol–water partition coefficient (Wildman–Crippen LogP) is 0.548. The van der Waals surface area contributed by atoms with Crippen molar-refractivity contribution in [2.75, 3.05) is 13.2 Å². The minimum absolute atomic E-state index is 0.0388. The minimum atomic E-state index is -0.995. The Bertz CT molecular complexity index is 901. The monoisotopic (exact) mass is 553 g/mol. The highest BCUT2D eigenvalue weighted by atomic mass is 16.7. The Labute approximate surface area is 231 Å². The molecule has 5 fully saturated rings. The third kappa shape index (κ3) is 6.08. The molecule has 39 heavy (non-hydrogen) atoms. The van der Waals surface area contributed by atoms with Crippen molar-refractivity contribution in [1.29, 1.82) is 0 Å². The highest BCUT2D eigenvalue weighted by Gasteiger charge is 2.64. The van der Waals surface area contributed by atoms with Gasteiger partial charge in [-0.1, -0.05) is 0 Å². The topological polar surface area (TPSA) is 157 Å². The van der Waals surface area contributed by atoms with Crippen LogP contribution in [0.5, 0.6) is 0 Å². The molecule has 5 aliphatic rings. The van der Waals surface area contributed by atoms with Gasteiger partial charge in [-0.15, -0.1) is 0 Å². The van der Waals surface area contributed by atoms with Crippen LogP contribution in [0.3, 0.4) is 0 Å². The minimum Gasteiger partial charge on any atom is -0.457 e. The standard InChI is InChI=1S/C29H48N2O8/c1-16-12-19(33)25-21(36-16)15-20-18(26(25)34)14-23(28(2,3)38-20)37-27(35)29(9-4-5-11-32)22(39-29)7-6-17-8-10-31-24(30)13-17/h16-18,20-26,31-32,34H,4-15,30H2,1-3H3/p+1/t16?,17?,18?,20?,21?,22-,23-,24?,25?,26?,29+/m1/s1. The van der Waals surface area contributed by atoms with Gasteiger partial charge in [0.05, 0.1) is 48.6 Å². The molecule has 10 nitrogen and oxygen atoms in total. The highest BCUT2D eigenvalue weighted by molar-refractivity contribution is 5.84. The number of Topliss-reactive ketones (excluding diaryl/α,β-unsaturated/α-hetero) is 1. The molecule has 4 aliphatic heterocycles. The molecule has 1 saturated carbocycles. The molecule has 5 rings (SSSR count). The molecule has 4 heterocycles. The molecule has 0 amide bonds. The average molecular weight is 554 g/mol. The van der Waals surface area contributed by atoms with E-state index in [0.29, 0.717) is 44.4 Å². The van der Waals surface area contributed by atoms with Gasteiger partial charge in [0.15, 0.2) is 5.60 Å². The molecule has 8 unspecified atom stereocenters. The number of rotatable bonds is 9. The summed E-state index contributed by atoms with van der Waals surface area (Å²) in [6, 6.07) is 0. The number of fused-ring (bicyclic) bond motifs is 2. The number of esters is 1. The van der Waals surface area contributed by atoms with Crippen molar-refractivity contribution in [2.24, 2.45) is 23.5 Å². The summed E-state index contributed by atoms with van der Waals surface area (Å²) in [5.41, 5.74) is 4.37. The smallest absolute Gasteiger partial charge is 0.341 e. The van der Waals surface area contributed by atoms with Crippen molar-refractivity contribution in [2.45, 2.75) is 139 Å². The van der Waals surface area contributed by atoms with E-state index < -0.39 is 29.3 Å². The molecule has 6 N–H and O–H groups in total. The Morgan fingerprint density at radius 1 is 1.15 bits per heavy atom. The van der Waals surface area contributed by atoms with Gasteiger partial charge >= 0.3 is 5.97 Å². The number of ketones is 1. The number of epoxide rings is 1. The van der Waals surface area contributed by atoms with Gasteiger partial charge in [0.2, 0.25) is 0 Å². The van der Waals surface area contributed by atoms with Crippen LogP contribution >= 0.6 is 0 Å². The molecule has 0 radical (unpaired) electrons. The fourth-order valence-electron chi connectivity index (χ4n) is 7.71. The third-order valence-corrected chi connectivity index (χ3v) is 9.99. The van der Waals surface area contributed by atoms with E-state index in [0.717, 1.165) is 32.2 Å². The maximum absolute atomic E-state index is 13.7. The van der Waals surface area contributed by atoms with E-state index in [2.05, 4.69) is 5.32 Å². The van der Waals surface area contributed by atoms with Crippen LogP contribution in [0.25, 0.3) is 0 Å². The fourth-order valence-corrected chi connectivity index (χ4v) is 7.71. The summed E-state index contributed by atoms with van der Waals surface area (Å²) in [7, 11) is 0. The zero-order valence-electron chi connectivity index (χ0n) is 23.8. The van der Waals surface area contributed by atoms with Crippen LogP contribution in [0.4, 0.5) is 0 Å². The van der Waals surface area contributed by atoms with E-state index in [1.54, 1.807) is 0 Å². The number of ether oxygens (including phenoxy) is 4. The normalized spacial score (nSPS) is 45.2. The second-order valence-corrected chi connectivity index (χ2v) is 13.3. The lowest BCUT2D eigenvalue weighted by Crippen LogP contribution is -2.94. The summed E-state index contributed by atoms with van der Waals surface area (Å²) in [6.45, 7) is 6.83. The number of piperidine rings is 1. The summed E-state index contributed by atoms with van der Waals surface area (Å²) in [4.78, 5) is 26.5. The number of quaternary nitrogens is 1. The Balaban J connectivity index is 1.24. The van der Waals surface area contributed by atoms with E-state index >= 15 is 0 Å². The van der Waals surface area contributed by atoms with Gasteiger partial charge in [0, 0.05) is 31.8 Å². The predicted molar refractivity (Wildman–Crippen MR) is 140 cm³/mol. The number of unbranched alkanes of at least 4 members (excludes halogenated alkanes) is 1. The van der Waals surface area contributed by atoms with Crippen LogP contribution in [0, 0.1) is 17.8 Å². The number of aliphatic hydroxyl groups is 2. The van der Waals surface area contributed by atoms with Crippen LogP contribution in [0.1, 0.15) is 85.0 Å². The van der Waals surface area contributed by atoms with Gasteiger partial charge in [-0.2, -0.15) is 0 Å². The lowest BCUT2D eigenvalue weighted by atomic mass is 9.67. The molecule has 0 aromatic heterocycles. The first-order valence-corrected chi connectivity index (χ1v) is 15.2. The molecular weight excluding hydrogens is 504 g/mol. The Morgan fingerprint density at radius 3 is 2.69 bits per heavy atom. The van der Waals surface area contributed by atoms with Crippen molar-refractivity contribution in [3.8, 4) is 0 Å². The summed E-state index contributed by atoms with van der Waals surface area (Å²) in [5, 5.41) is 22.8. The quantitative estimate of drug-likeness (QED) is 0.182. The van der Waals surface area contributed by atoms with Crippen molar-refractivity contribution in [3.63, 3.8) is 0 Å². The van der Waals surface area contributed by atoms with E-state index in [4.69, 9.17) is 24.7 Å². The summed E-state index contributed by atoms with van der Waals surface area (Å²) < 4.78 is 24.8. The van der Waals surface area contributed by atoms with Gasteiger partial charge in [0.1, 0.15) is 18.1 Å². The largest absolute Gasteiger partial charge is 0.457 e. The van der Waals surface area contributed by atoms with Crippen LogP contribution in [-0.4, -0.2) is 89.1 Å². The molecule has 0 aromatic rings. The Kier molecular flexibility index (Phi) is 8.75. The van der Waals surface area contributed by atoms with Gasteiger partial charge in [-0.05, 0) is 71.6 Å². The van der Waals surface area contributed by atoms with Crippen LogP contribution < -0.4 is 11.1 Å². The van der Waals surface area contributed by atoms with E-state index in [1.807, 2.05) is 20.8 Å². The summed E-state index contributed by atoms with van der Waals surface area (Å²) in [6.07, 6.45) is 4.58. The van der Waals surface area contributed by atoms with E-state index in [9.17, 15) is 19.8 Å². The van der Waals surface area contributed by atoms with E-state index in [-0.39, 0.29) is 54.9 Å². The highest BCUT2D eigenvalue weighted by Crippen LogP contribution is 2.49. The first-order chi connectivity index (χ1) is 18.5. The molecule has 10 heteroatoms. The Morgan fingerprint density at radius 2 is 1.95 bits per heavy atom. The lowest BCUT2D eigenvalue weighted by molar-refractivity contribution is -0.699. The SMILES string of the molecule is CC1CC(=O)C2C(CC3OC(C)(C)[C@H](OC(=O)[C@@]4(CCCCO)O[C@@H]4CCC4CC[NH2+]C(N)C4)CC3C2O)O1. The maximum atomic E-state index is 13.7. The summed E-state index contributed by atoms with van der Waals surface area (Å²) in [5.74, 6) is -0.680. The van der Waals surface area contributed by atoms with E-state index in [1.165, 1.54) is 0 Å². The summed E-state index contributed by atoms with van der Waals surface area (Å²) >= 11 is 0. The molecule has 222 valence electrons. The second-order valence-electron chi connectivity index (χ2n) is 13.3. The molecule has 0 aromatic carbocycles. The van der Waals surface area contributed by atoms with Gasteiger partial charge < -0.3 is 34.5 Å².